The Bertz CT molecular complexity index is 1040. The lowest BCUT2D eigenvalue weighted by Crippen LogP contribution is -2.26. The molecule has 4 N–H and O–H groups in total. The van der Waals surface area contributed by atoms with Gasteiger partial charge < -0.3 is 10.5 Å². The summed E-state index contributed by atoms with van der Waals surface area (Å²) >= 11 is 0. The summed E-state index contributed by atoms with van der Waals surface area (Å²) in [6.45, 7) is -1.24. The maximum atomic E-state index is 12.6. The van der Waals surface area contributed by atoms with Crippen molar-refractivity contribution >= 4 is 11.7 Å². The van der Waals surface area contributed by atoms with Gasteiger partial charge in [0.05, 0.1) is 11.6 Å². The maximum absolute atomic E-state index is 12.6. The second-order valence-corrected chi connectivity index (χ2v) is 5.48. The van der Waals surface area contributed by atoms with E-state index in [0.29, 0.717) is 17.0 Å². The predicted molar refractivity (Wildman–Crippen MR) is 96.7 cm³/mol. The summed E-state index contributed by atoms with van der Waals surface area (Å²) in [5.41, 5.74) is 8.75. The Balaban J connectivity index is 1.87. The van der Waals surface area contributed by atoms with Crippen molar-refractivity contribution in [3.05, 3.63) is 47.5 Å². The molecule has 0 fully saturated rings. The zero-order valence-corrected chi connectivity index (χ0v) is 14.9. The molecule has 0 spiro atoms. The quantitative estimate of drug-likeness (QED) is 0.468. The van der Waals surface area contributed by atoms with Crippen LogP contribution in [0.1, 0.15) is 21.7 Å². The Morgan fingerprint density at radius 1 is 1.38 bits per heavy atom. The van der Waals surface area contributed by atoms with Crippen LogP contribution in [0.4, 0.5) is 10.2 Å². The van der Waals surface area contributed by atoms with Gasteiger partial charge in [-0.1, -0.05) is 12.1 Å². The lowest BCUT2D eigenvalue weighted by atomic mass is 10.1. The third-order valence-electron chi connectivity index (χ3n) is 3.53. The fraction of sp³-hybridized carbons (Fsp3) is 0.176. The first-order valence-corrected chi connectivity index (χ1v) is 8.26. The average Bonchev–Trinajstić information content (AvgIpc) is 3.25. The van der Waals surface area contributed by atoms with Gasteiger partial charge in [0.2, 0.25) is 5.88 Å². The monoisotopic (exact) mass is 398 g/mol. The summed E-state index contributed by atoms with van der Waals surface area (Å²) < 4.78 is 17.9. The molecular formula is C17H15FN8O3. The number of nitrogens with two attached hydrogens (primary N) is 1. The molecule has 0 aliphatic carbocycles. The van der Waals surface area contributed by atoms with E-state index in [1.165, 1.54) is 6.33 Å². The van der Waals surface area contributed by atoms with Gasteiger partial charge in [-0.25, -0.2) is 19.8 Å². The van der Waals surface area contributed by atoms with Gasteiger partial charge in [-0.15, -0.1) is 0 Å². The van der Waals surface area contributed by atoms with E-state index in [2.05, 4.69) is 30.6 Å². The number of carbonyl (C=O) groups is 1. The van der Waals surface area contributed by atoms with Crippen molar-refractivity contribution in [3.63, 3.8) is 0 Å². The number of ether oxygens (including phenoxy) is 1. The van der Waals surface area contributed by atoms with Crippen LogP contribution in [-0.4, -0.2) is 44.3 Å². The predicted octanol–water partition coefficient (Wildman–Crippen LogP) is 0.925. The minimum Gasteiger partial charge on any atom is -0.474 e. The molecule has 0 radical (unpaired) electrons. The SMILES string of the molecule is N#Cc1cccc(-c2nc(N)c(C(=O)NOCc3nc[nH]n3)c(OCCF)n2)c1. The lowest BCUT2D eigenvalue weighted by molar-refractivity contribution is 0.0207. The first-order chi connectivity index (χ1) is 14.1. The number of hydrogen-bond acceptors (Lipinski definition) is 9. The highest BCUT2D eigenvalue weighted by molar-refractivity contribution is 6.00. The number of aromatic nitrogens is 5. The molecule has 0 saturated carbocycles. The van der Waals surface area contributed by atoms with Gasteiger partial charge >= 0.3 is 0 Å². The fourth-order valence-electron chi connectivity index (χ4n) is 2.29. The molecular weight excluding hydrogens is 383 g/mol. The summed E-state index contributed by atoms with van der Waals surface area (Å²) in [5, 5.41) is 15.3. The van der Waals surface area contributed by atoms with Crippen molar-refractivity contribution in [3.8, 4) is 23.3 Å². The summed E-state index contributed by atoms with van der Waals surface area (Å²) in [7, 11) is 0. The zero-order chi connectivity index (χ0) is 20.6. The lowest BCUT2D eigenvalue weighted by Gasteiger charge is -2.13. The molecule has 0 unspecified atom stereocenters. The minimum absolute atomic E-state index is 0.101. The van der Waals surface area contributed by atoms with Crippen LogP contribution in [0.2, 0.25) is 0 Å². The topological polar surface area (TPSA) is 165 Å². The van der Waals surface area contributed by atoms with E-state index in [4.69, 9.17) is 20.6 Å². The molecule has 0 atom stereocenters. The smallest absolute Gasteiger partial charge is 0.284 e. The number of alkyl halides is 1. The number of rotatable bonds is 8. The number of anilines is 1. The van der Waals surface area contributed by atoms with Crippen LogP contribution in [0.5, 0.6) is 5.88 Å². The number of halogens is 1. The zero-order valence-electron chi connectivity index (χ0n) is 14.9. The molecule has 148 valence electrons. The van der Waals surface area contributed by atoms with Crippen molar-refractivity contribution < 1.29 is 18.8 Å². The van der Waals surface area contributed by atoms with E-state index < -0.39 is 12.6 Å². The number of aromatic amines is 1. The van der Waals surface area contributed by atoms with Gasteiger partial charge in [0, 0.05) is 5.56 Å². The van der Waals surface area contributed by atoms with Crippen LogP contribution in [0, 0.1) is 11.3 Å². The van der Waals surface area contributed by atoms with Gasteiger partial charge in [-0.3, -0.25) is 14.7 Å². The van der Waals surface area contributed by atoms with Crippen LogP contribution >= 0.6 is 0 Å². The first kappa shape index (κ1) is 19.6. The number of H-pyrrole nitrogens is 1. The molecule has 29 heavy (non-hydrogen) atoms. The fourth-order valence-corrected chi connectivity index (χ4v) is 2.29. The van der Waals surface area contributed by atoms with Gasteiger partial charge in [0.25, 0.3) is 5.91 Å². The minimum atomic E-state index is -0.800. The third kappa shape index (κ3) is 4.79. The molecule has 0 aliphatic rings. The van der Waals surface area contributed by atoms with Gasteiger partial charge in [-0.05, 0) is 12.1 Å². The molecule has 3 aromatic rings. The van der Waals surface area contributed by atoms with Gasteiger partial charge in [0.15, 0.2) is 11.6 Å². The summed E-state index contributed by atoms with van der Waals surface area (Å²) in [6.07, 6.45) is 1.36. The average molecular weight is 398 g/mol. The van der Waals surface area contributed by atoms with E-state index in [1.807, 2.05) is 6.07 Å². The van der Waals surface area contributed by atoms with Crippen LogP contribution in [0.25, 0.3) is 11.4 Å². The number of nitrogens with one attached hydrogen (secondary N) is 2. The molecule has 2 aromatic heterocycles. The second kappa shape index (κ2) is 9.20. The highest BCUT2D eigenvalue weighted by Gasteiger charge is 2.22. The van der Waals surface area contributed by atoms with Crippen LogP contribution in [-0.2, 0) is 11.4 Å². The van der Waals surface area contributed by atoms with Crippen LogP contribution in [0.15, 0.2) is 30.6 Å². The molecule has 11 nitrogen and oxygen atoms in total. The molecule has 0 aliphatic heterocycles. The molecule has 12 heteroatoms. The number of hydrogen-bond donors (Lipinski definition) is 3. The van der Waals surface area contributed by atoms with E-state index >= 15 is 0 Å². The molecule has 0 saturated heterocycles. The molecule has 0 bridgehead atoms. The Morgan fingerprint density at radius 2 is 2.24 bits per heavy atom. The highest BCUT2D eigenvalue weighted by atomic mass is 19.1. The van der Waals surface area contributed by atoms with E-state index in [9.17, 15) is 9.18 Å². The second-order valence-electron chi connectivity index (χ2n) is 5.48. The summed E-state index contributed by atoms with van der Waals surface area (Å²) in [5.74, 6) is -0.774. The maximum Gasteiger partial charge on any atom is 0.284 e. The number of hydroxylamine groups is 1. The van der Waals surface area contributed by atoms with Crippen molar-refractivity contribution in [1.82, 2.24) is 30.6 Å². The standard InChI is InChI=1S/C17H15FN8O3/c18-4-5-28-17-13(16(27)26-29-8-12-21-9-22-25-12)14(20)23-15(24-17)11-3-1-2-10(6-11)7-19/h1-3,6,9H,4-5,8H2,(H,26,27)(H2,20,23,24)(H,21,22,25). The Kier molecular flexibility index (Phi) is 6.23. The number of nitrogens with zero attached hydrogens (tertiary/aromatic N) is 5. The van der Waals surface area contributed by atoms with Crippen molar-refractivity contribution in [1.29, 1.82) is 5.26 Å². The van der Waals surface area contributed by atoms with Crippen molar-refractivity contribution in [2.75, 3.05) is 19.0 Å². The Labute approximate surface area is 163 Å². The number of nitriles is 1. The Morgan fingerprint density at radius 3 is 2.97 bits per heavy atom. The highest BCUT2D eigenvalue weighted by Crippen LogP contribution is 2.26. The van der Waals surface area contributed by atoms with Gasteiger partial charge in [0.1, 0.15) is 37.6 Å². The largest absolute Gasteiger partial charge is 0.474 e. The van der Waals surface area contributed by atoms with Crippen LogP contribution < -0.4 is 16.0 Å². The van der Waals surface area contributed by atoms with Crippen molar-refractivity contribution in [2.45, 2.75) is 6.61 Å². The van der Waals surface area contributed by atoms with Gasteiger partial charge in [-0.2, -0.15) is 15.3 Å². The third-order valence-corrected chi connectivity index (χ3v) is 3.53. The number of benzene rings is 1. The Hall–Kier alpha value is -4.11. The molecule has 3 rings (SSSR count). The van der Waals surface area contributed by atoms with E-state index in [1.54, 1.807) is 24.3 Å². The molecule has 1 amide bonds. The van der Waals surface area contributed by atoms with Crippen LogP contribution in [0.3, 0.4) is 0 Å². The normalized spacial score (nSPS) is 10.3. The molecule has 2 heterocycles. The first-order valence-electron chi connectivity index (χ1n) is 8.26. The van der Waals surface area contributed by atoms with E-state index in [-0.39, 0.29) is 36.3 Å². The summed E-state index contributed by atoms with van der Waals surface area (Å²) in [4.78, 5) is 29.6. The number of amides is 1. The van der Waals surface area contributed by atoms with Crippen molar-refractivity contribution in [2.24, 2.45) is 0 Å². The number of nitrogen functional groups attached to an aromatic ring is 1. The molecule has 1 aromatic carbocycles. The number of carbonyl (C=O) groups excluding carboxylic acids is 1. The summed E-state index contributed by atoms with van der Waals surface area (Å²) in [6, 6.07) is 8.47. The van der Waals surface area contributed by atoms with E-state index in [0.717, 1.165) is 0 Å².